The van der Waals surface area contributed by atoms with Gasteiger partial charge in [0.2, 0.25) is 5.88 Å². The Labute approximate surface area is 188 Å². The average Bonchev–Trinajstić information content (AvgIpc) is 3.14. The largest absolute Gasteiger partial charge is 0.493 e. The number of hydrogen-bond acceptors (Lipinski definition) is 5. The molecular formula is C26H18N4O3. The van der Waals surface area contributed by atoms with Crippen LogP contribution in [-0.2, 0) is 0 Å². The minimum absolute atomic E-state index is 0.0237. The Morgan fingerprint density at radius 2 is 1.58 bits per heavy atom. The highest BCUT2D eigenvalue weighted by atomic mass is 16.4. The number of carboxylic acid groups (broad SMARTS) is 1. The fourth-order valence-electron chi connectivity index (χ4n) is 3.83. The number of fused-ring (bicyclic) bond motifs is 1. The molecule has 3 aromatic carbocycles. The lowest BCUT2D eigenvalue weighted by Crippen LogP contribution is -1.97. The number of benzene rings is 3. The molecule has 0 atom stereocenters. The molecule has 0 fully saturated rings. The molecule has 0 amide bonds. The molecule has 160 valence electrons. The summed E-state index contributed by atoms with van der Waals surface area (Å²) < 4.78 is 1.64. The Bertz CT molecular complexity index is 1490. The zero-order valence-corrected chi connectivity index (χ0v) is 17.3. The van der Waals surface area contributed by atoms with Crippen molar-refractivity contribution in [2.45, 2.75) is 0 Å². The van der Waals surface area contributed by atoms with Crippen LogP contribution >= 0.6 is 0 Å². The van der Waals surface area contributed by atoms with Crippen LogP contribution in [0.5, 0.6) is 5.88 Å². The van der Waals surface area contributed by atoms with Gasteiger partial charge in [-0.2, -0.15) is 0 Å². The van der Waals surface area contributed by atoms with Crippen LogP contribution < -0.4 is 0 Å². The molecule has 0 spiro atoms. The van der Waals surface area contributed by atoms with Gasteiger partial charge in [-0.15, -0.1) is 10.2 Å². The first-order chi connectivity index (χ1) is 16.1. The van der Waals surface area contributed by atoms with Gasteiger partial charge >= 0.3 is 5.97 Å². The number of carboxylic acids is 1. The number of hydrogen-bond donors (Lipinski definition) is 2. The first kappa shape index (κ1) is 20.1. The molecule has 0 saturated carbocycles. The Balaban J connectivity index is 1.71. The van der Waals surface area contributed by atoms with Gasteiger partial charge in [-0.1, -0.05) is 60.7 Å². The van der Waals surface area contributed by atoms with Crippen LogP contribution in [0.3, 0.4) is 0 Å². The standard InChI is InChI=1S/C26H18N4O3/c31-25-24(20-11-4-5-14-22(20)30(25)18-10-7-15-27-16-18)29-28-23-19(17-8-2-1-3-9-17)12-6-13-21(23)26(32)33/h1-16,31H,(H,32,33). The fraction of sp³-hybridized carbons (Fsp3) is 0. The summed E-state index contributed by atoms with van der Waals surface area (Å²) in [5, 5.41) is 30.2. The SMILES string of the molecule is O=C(O)c1cccc(-c2ccccc2)c1N=Nc1c(O)n(-c2cccnc2)c2ccccc12. The van der Waals surface area contributed by atoms with Crippen molar-refractivity contribution >= 4 is 28.2 Å². The zero-order valence-electron chi connectivity index (χ0n) is 17.3. The van der Waals surface area contributed by atoms with Crippen molar-refractivity contribution in [3.8, 4) is 22.7 Å². The summed E-state index contributed by atoms with van der Waals surface area (Å²) in [5.41, 5.74) is 3.33. The third kappa shape index (κ3) is 3.61. The number of rotatable bonds is 5. The van der Waals surface area contributed by atoms with Crippen LogP contribution in [0.1, 0.15) is 10.4 Å². The molecule has 33 heavy (non-hydrogen) atoms. The zero-order chi connectivity index (χ0) is 22.8. The van der Waals surface area contributed by atoms with Crippen molar-refractivity contribution in [3.05, 3.63) is 103 Å². The smallest absolute Gasteiger partial charge is 0.337 e. The molecule has 0 bridgehead atoms. The molecule has 5 rings (SSSR count). The predicted molar refractivity (Wildman–Crippen MR) is 126 cm³/mol. The topological polar surface area (TPSA) is 100 Å². The fourth-order valence-corrected chi connectivity index (χ4v) is 3.83. The Kier molecular flexibility index (Phi) is 5.12. The van der Waals surface area contributed by atoms with Gasteiger partial charge in [0.1, 0.15) is 5.69 Å². The number of para-hydroxylation sites is 1. The molecule has 0 saturated heterocycles. The van der Waals surface area contributed by atoms with E-state index < -0.39 is 5.97 Å². The lowest BCUT2D eigenvalue weighted by molar-refractivity contribution is 0.0698. The average molecular weight is 434 g/mol. The number of azo groups is 1. The summed E-state index contributed by atoms with van der Waals surface area (Å²) in [6, 6.07) is 25.4. The lowest BCUT2D eigenvalue weighted by Gasteiger charge is -2.08. The van der Waals surface area contributed by atoms with E-state index in [-0.39, 0.29) is 22.8 Å². The Morgan fingerprint density at radius 3 is 2.33 bits per heavy atom. The Hall–Kier alpha value is -4.78. The second kappa shape index (κ2) is 8.39. The first-order valence-corrected chi connectivity index (χ1v) is 10.2. The van der Waals surface area contributed by atoms with Gasteiger partial charge in [-0.05, 0) is 29.8 Å². The number of aromatic nitrogens is 2. The summed E-state index contributed by atoms with van der Waals surface area (Å²) in [4.78, 5) is 16.1. The summed E-state index contributed by atoms with van der Waals surface area (Å²) >= 11 is 0. The van der Waals surface area contributed by atoms with Gasteiger partial charge in [-0.3, -0.25) is 9.55 Å². The van der Waals surface area contributed by atoms with Crippen LogP contribution in [0.4, 0.5) is 11.4 Å². The van der Waals surface area contributed by atoms with Crippen LogP contribution in [0, 0.1) is 0 Å². The molecular weight excluding hydrogens is 416 g/mol. The highest BCUT2D eigenvalue weighted by molar-refractivity contribution is 5.99. The second-order valence-corrected chi connectivity index (χ2v) is 7.31. The normalized spacial score (nSPS) is 11.3. The van der Waals surface area contributed by atoms with Gasteiger partial charge in [0.25, 0.3) is 0 Å². The number of carbonyl (C=O) groups is 1. The van der Waals surface area contributed by atoms with Crippen molar-refractivity contribution in [3.63, 3.8) is 0 Å². The number of aromatic carboxylic acids is 1. The number of aromatic hydroxyl groups is 1. The van der Waals surface area contributed by atoms with Gasteiger partial charge < -0.3 is 10.2 Å². The molecule has 0 aliphatic rings. The summed E-state index contributed by atoms with van der Waals surface area (Å²) in [6.07, 6.45) is 3.29. The minimum atomic E-state index is -1.11. The molecule has 7 heteroatoms. The Morgan fingerprint density at radius 1 is 0.818 bits per heavy atom. The van der Waals surface area contributed by atoms with Gasteiger partial charge in [-0.25, -0.2) is 4.79 Å². The molecule has 7 nitrogen and oxygen atoms in total. The molecule has 0 unspecified atom stereocenters. The van der Waals surface area contributed by atoms with E-state index in [1.165, 1.54) is 6.07 Å². The third-order valence-electron chi connectivity index (χ3n) is 5.33. The predicted octanol–water partition coefficient (Wildman–Crippen LogP) is 6.51. The molecule has 0 aliphatic heterocycles. The molecule has 0 radical (unpaired) electrons. The van der Waals surface area contributed by atoms with Gasteiger partial charge in [0, 0.05) is 17.1 Å². The van der Waals surface area contributed by atoms with Crippen LogP contribution in [0.2, 0.25) is 0 Å². The summed E-state index contributed by atoms with van der Waals surface area (Å²) in [6.45, 7) is 0. The van der Waals surface area contributed by atoms with Crippen molar-refractivity contribution < 1.29 is 15.0 Å². The monoisotopic (exact) mass is 434 g/mol. The minimum Gasteiger partial charge on any atom is -0.493 e. The van der Waals surface area contributed by atoms with Crippen molar-refractivity contribution in [2.24, 2.45) is 10.2 Å². The molecule has 2 heterocycles. The maximum absolute atomic E-state index is 11.9. The van der Waals surface area contributed by atoms with Crippen molar-refractivity contribution in [2.75, 3.05) is 0 Å². The van der Waals surface area contributed by atoms with Crippen molar-refractivity contribution in [1.82, 2.24) is 9.55 Å². The first-order valence-electron chi connectivity index (χ1n) is 10.2. The maximum atomic E-state index is 11.9. The maximum Gasteiger partial charge on any atom is 0.337 e. The highest BCUT2D eigenvalue weighted by Gasteiger charge is 2.19. The van der Waals surface area contributed by atoms with E-state index in [2.05, 4.69) is 15.2 Å². The third-order valence-corrected chi connectivity index (χ3v) is 5.33. The van der Waals surface area contributed by atoms with Crippen LogP contribution in [0.25, 0.3) is 27.7 Å². The highest BCUT2D eigenvalue weighted by Crippen LogP contribution is 2.42. The van der Waals surface area contributed by atoms with E-state index >= 15 is 0 Å². The number of nitrogens with zero attached hydrogens (tertiary/aromatic N) is 4. The van der Waals surface area contributed by atoms with Crippen LogP contribution in [-0.4, -0.2) is 25.7 Å². The quantitative estimate of drug-likeness (QED) is 0.308. The summed E-state index contributed by atoms with van der Waals surface area (Å²) in [7, 11) is 0. The van der Waals surface area contributed by atoms with E-state index in [1.54, 1.807) is 35.2 Å². The summed E-state index contributed by atoms with van der Waals surface area (Å²) in [5.74, 6) is -1.22. The van der Waals surface area contributed by atoms with Gasteiger partial charge in [0.15, 0.2) is 5.69 Å². The molecule has 2 N–H and O–H groups in total. The molecule has 0 aliphatic carbocycles. The van der Waals surface area contributed by atoms with Gasteiger partial charge in [0.05, 0.1) is 23.0 Å². The van der Waals surface area contributed by atoms with E-state index in [9.17, 15) is 15.0 Å². The second-order valence-electron chi connectivity index (χ2n) is 7.31. The van der Waals surface area contributed by atoms with E-state index in [0.717, 1.165) is 11.1 Å². The number of pyridine rings is 1. The molecule has 5 aromatic rings. The van der Waals surface area contributed by atoms with E-state index in [1.807, 2.05) is 60.7 Å². The van der Waals surface area contributed by atoms with E-state index in [4.69, 9.17) is 0 Å². The molecule has 2 aromatic heterocycles. The van der Waals surface area contributed by atoms with Crippen LogP contribution in [0.15, 0.2) is 108 Å². The van der Waals surface area contributed by atoms with E-state index in [0.29, 0.717) is 16.6 Å². The lowest BCUT2D eigenvalue weighted by atomic mass is 10.0. The van der Waals surface area contributed by atoms with Crippen molar-refractivity contribution in [1.29, 1.82) is 0 Å².